The van der Waals surface area contributed by atoms with Crippen LogP contribution in [0, 0.1) is 11.8 Å². The minimum absolute atomic E-state index is 0.0416. The van der Waals surface area contributed by atoms with Gasteiger partial charge in [0, 0.05) is 17.5 Å². The van der Waals surface area contributed by atoms with Crippen LogP contribution in [0.4, 0.5) is 0 Å². The number of aryl methyl sites for hydroxylation is 2. The normalized spacial score (nSPS) is 18.4. The van der Waals surface area contributed by atoms with Gasteiger partial charge in [-0.1, -0.05) is 78.9 Å². The summed E-state index contributed by atoms with van der Waals surface area (Å²) in [6, 6.07) is 34.7. The molecule has 0 aromatic heterocycles. The molecule has 8 N–H and O–H groups in total. The van der Waals surface area contributed by atoms with Gasteiger partial charge in [0.15, 0.2) is 5.78 Å². The lowest BCUT2D eigenvalue weighted by atomic mass is 9.66. The molecule has 0 bridgehead atoms. The van der Waals surface area contributed by atoms with E-state index in [9.17, 15) is 45.6 Å². The molecule has 0 amide bonds. The Balaban J connectivity index is 1.37. The van der Waals surface area contributed by atoms with Gasteiger partial charge in [-0.05, 0) is 145 Å². The summed E-state index contributed by atoms with van der Waals surface area (Å²) < 4.78 is 12.7. The van der Waals surface area contributed by atoms with Crippen molar-refractivity contribution in [2.24, 2.45) is 11.8 Å². The largest absolute Gasteiger partial charge is 0.508 e. The van der Waals surface area contributed by atoms with Gasteiger partial charge in [-0.3, -0.25) is 4.79 Å². The molecule has 0 saturated carbocycles. The van der Waals surface area contributed by atoms with Crippen LogP contribution in [0.5, 0.6) is 46.0 Å². The zero-order valence-electron chi connectivity index (χ0n) is 35.9. The Morgan fingerprint density at radius 2 is 1.20 bits per heavy atom. The molecule has 7 rings (SSSR count). The number of benzene rings is 6. The number of phenols is 7. The molecule has 0 aliphatic carbocycles. The second-order valence-electron chi connectivity index (χ2n) is 16.6. The molecule has 0 radical (unpaired) electrons. The van der Waals surface area contributed by atoms with Crippen molar-refractivity contribution in [2.75, 3.05) is 7.11 Å². The molecule has 11 nitrogen and oxygen atoms in total. The summed E-state index contributed by atoms with van der Waals surface area (Å²) in [7, 11) is 1.34. The van der Waals surface area contributed by atoms with Gasteiger partial charge in [-0.15, -0.1) is 0 Å². The first-order valence-corrected chi connectivity index (χ1v) is 21.6. The number of hydrogen-bond donors (Lipinski definition) is 8. The predicted molar refractivity (Wildman–Crippen MR) is 248 cm³/mol. The molecular weight excluding hydrogens is 825 g/mol. The van der Waals surface area contributed by atoms with Crippen LogP contribution in [0.3, 0.4) is 0 Å². The van der Waals surface area contributed by atoms with Crippen molar-refractivity contribution in [3.63, 3.8) is 0 Å². The van der Waals surface area contributed by atoms with E-state index in [-0.39, 0.29) is 64.2 Å². The van der Waals surface area contributed by atoms with Crippen LogP contribution in [0.15, 0.2) is 140 Å². The molecule has 1 aliphatic heterocycles. The van der Waals surface area contributed by atoms with Crippen LogP contribution in [0.1, 0.15) is 81.4 Å². The first-order chi connectivity index (χ1) is 31.3. The van der Waals surface area contributed by atoms with E-state index in [2.05, 4.69) is 0 Å². The third-order valence-electron chi connectivity index (χ3n) is 12.2. The summed E-state index contributed by atoms with van der Waals surface area (Å²) in [5.41, 5.74) is 3.94. The van der Waals surface area contributed by atoms with E-state index in [1.165, 1.54) is 31.4 Å². The first kappa shape index (κ1) is 45.8. The monoisotopic (exact) mass is 878 g/mol. The van der Waals surface area contributed by atoms with Gasteiger partial charge in [-0.2, -0.15) is 0 Å². The van der Waals surface area contributed by atoms with Crippen molar-refractivity contribution >= 4 is 17.9 Å². The Morgan fingerprint density at radius 3 is 1.75 bits per heavy atom. The second-order valence-corrected chi connectivity index (χ2v) is 16.6. The molecule has 336 valence electrons. The summed E-state index contributed by atoms with van der Waals surface area (Å²) in [6.07, 6.45) is 7.09. The van der Waals surface area contributed by atoms with Crippen molar-refractivity contribution < 1.29 is 55.1 Å². The molecule has 6 aromatic rings. The average molecular weight is 879 g/mol. The van der Waals surface area contributed by atoms with Gasteiger partial charge in [0.05, 0.1) is 25.4 Å². The summed E-state index contributed by atoms with van der Waals surface area (Å²) in [4.78, 5) is 14.1. The molecule has 6 atom stereocenters. The van der Waals surface area contributed by atoms with Crippen LogP contribution in [-0.2, 0) is 17.6 Å². The fourth-order valence-electron chi connectivity index (χ4n) is 8.84. The van der Waals surface area contributed by atoms with E-state index >= 15 is 0 Å². The van der Waals surface area contributed by atoms with Crippen molar-refractivity contribution in [2.45, 2.75) is 62.8 Å². The van der Waals surface area contributed by atoms with Gasteiger partial charge < -0.3 is 50.3 Å². The molecular formula is C54H54O11. The number of phenolic OH excluding ortho intramolecular Hbond substituents is 7. The minimum atomic E-state index is -0.855. The SMILES string of the molecule is COc1cc(O)c(C2CC(CCc3ccc(O)cc3)OC(c3ccc(O)cc3)C2C(C=Cc2ccc(O)cc2)CC(O)CCc2ccc(O)cc2)c(O)c1C(=O)C=Cc1ccc(O)cc1. The van der Waals surface area contributed by atoms with Gasteiger partial charge >= 0.3 is 0 Å². The van der Waals surface area contributed by atoms with Gasteiger partial charge in [0.2, 0.25) is 0 Å². The Morgan fingerprint density at radius 1 is 0.692 bits per heavy atom. The number of aliphatic hydroxyl groups excluding tert-OH is 1. The molecule has 0 spiro atoms. The minimum Gasteiger partial charge on any atom is -0.508 e. The molecule has 1 heterocycles. The lowest BCUT2D eigenvalue weighted by molar-refractivity contribution is -0.113. The van der Waals surface area contributed by atoms with Gasteiger partial charge in [0.25, 0.3) is 0 Å². The molecule has 6 unspecified atom stereocenters. The lowest BCUT2D eigenvalue weighted by Crippen LogP contribution is -2.40. The number of carbonyl (C=O) groups is 1. The number of aromatic hydroxyl groups is 7. The fraction of sp³-hybridized carbons (Fsp3) is 0.241. The maximum absolute atomic E-state index is 14.1. The molecule has 65 heavy (non-hydrogen) atoms. The highest BCUT2D eigenvalue weighted by Crippen LogP contribution is 2.56. The van der Waals surface area contributed by atoms with Gasteiger partial charge in [-0.25, -0.2) is 0 Å². The third kappa shape index (κ3) is 11.7. The Hall–Kier alpha value is -7.21. The highest BCUT2D eigenvalue weighted by Gasteiger charge is 2.46. The van der Waals surface area contributed by atoms with Crippen molar-refractivity contribution in [1.29, 1.82) is 0 Å². The zero-order chi connectivity index (χ0) is 46.0. The average Bonchev–Trinajstić information content (AvgIpc) is 3.30. The van der Waals surface area contributed by atoms with Crippen LogP contribution >= 0.6 is 0 Å². The number of ketones is 1. The summed E-state index contributed by atoms with van der Waals surface area (Å²) in [5.74, 6) is -2.76. The lowest BCUT2D eigenvalue weighted by Gasteiger charge is -2.46. The number of methoxy groups -OCH3 is 1. The molecule has 1 saturated heterocycles. The van der Waals surface area contributed by atoms with E-state index in [0.29, 0.717) is 36.8 Å². The highest BCUT2D eigenvalue weighted by molar-refractivity contribution is 6.11. The number of allylic oxidation sites excluding steroid dienone is 2. The Labute approximate surface area is 378 Å². The van der Waals surface area contributed by atoms with E-state index in [4.69, 9.17) is 9.47 Å². The van der Waals surface area contributed by atoms with E-state index in [1.54, 1.807) is 91.0 Å². The van der Waals surface area contributed by atoms with E-state index in [1.807, 2.05) is 36.4 Å². The topological polar surface area (TPSA) is 197 Å². The number of aliphatic hydroxyl groups is 1. The van der Waals surface area contributed by atoms with Crippen LogP contribution in [0.2, 0.25) is 0 Å². The summed E-state index contributed by atoms with van der Waals surface area (Å²) in [6.45, 7) is 0. The van der Waals surface area contributed by atoms with Crippen molar-refractivity contribution in [3.05, 3.63) is 178 Å². The van der Waals surface area contributed by atoms with Crippen molar-refractivity contribution in [3.8, 4) is 46.0 Å². The quantitative estimate of drug-likeness (QED) is 0.0321. The first-order valence-electron chi connectivity index (χ1n) is 21.6. The third-order valence-corrected chi connectivity index (χ3v) is 12.2. The number of ether oxygens (including phenoxy) is 2. The highest BCUT2D eigenvalue weighted by atomic mass is 16.5. The zero-order valence-corrected chi connectivity index (χ0v) is 35.9. The Kier molecular flexibility index (Phi) is 14.8. The van der Waals surface area contributed by atoms with Gasteiger partial charge in [0.1, 0.15) is 51.6 Å². The van der Waals surface area contributed by atoms with Crippen LogP contribution in [-0.4, -0.2) is 66.0 Å². The maximum atomic E-state index is 14.1. The second kappa shape index (κ2) is 21.0. The Bertz CT molecular complexity index is 2570. The smallest absolute Gasteiger partial charge is 0.193 e. The standard InChI is InChI=1S/C54H54O11/c1-64-49-32-48(62)51(53(63)52(49)47(61)29-13-36-9-23-42(58)24-10-36)46-31-45(28-12-35-7-21-41(57)22-8-35)65-54(37-15-26-43(59)27-16-37)50(46)38(14-2-33-3-17-39(55)18-4-33)30-44(60)25-11-34-5-19-40(56)20-6-34/h2-10,13-24,26-27,29,32,38,44-46,50,54-60,62-63H,11-12,25,28,30-31H2,1H3. The number of carbonyl (C=O) groups excluding carboxylic acids is 1. The van der Waals surface area contributed by atoms with Crippen LogP contribution in [0.25, 0.3) is 12.2 Å². The number of hydrogen-bond acceptors (Lipinski definition) is 11. The number of rotatable bonds is 17. The molecule has 1 aliphatic rings. The van der Waals surface area contributed by atoms with Crippen molar-refractivity contribution in [1.82, 2.24) is 0 Å². The fourth-order valence-corrected chi connectivity index (χ4v) is 8.84. The maximum Gasteiger partial charge on any atom is 0.193 e. The molecule has 6 aromatic carbocycles. The predicted octanol–water partition coefficient (Wildman–Crippen LogP) is 10.1. The molecule has 11 heteroatoms. The summed E-state index contributed by atoms with van der Waals surface area (Å²) >= 11 is 0. The summed E-state index contributed by atoms with van der Waals surface area (Å²) in [5, 5.41) is 86.5. The van der Waals surface area contributed by atoms with E-state index in [0.717, 1.165) is 16.7 Å². The van der Waals surface area contributed by atoms with E-state index < -0.39 is 47.6 Å². The molecule has 1 fully saturated rings. The van der Waals surface area contributed by atoms with Crippen LogP contribution < -0.4 is 4.74 Å².